The van der Waals surface area contributed by atoms with Crippen molar-refractivity contribution in [2.24, 2.45) is 10.4 Å². The summed E-state index contributed by atoms with van der Waals surface area (Å²) in [6.07, 6.45) is -0.520. The zero-order chi connectivity index (χ0) is 17.3. The topological polar surface area (TPSA) is 62.7 Å². The van der Waals surface area contributed by atoms with E-state index in [2.05, 4.69) is 71.5 Å². The molecule has 0 aliphatic carbocycles. The lowest BCUT2D eigenvalue weighted by Crippen LogP contribution is -2.40. The van der Waals surface area contributed by atoms with Gasteiger partial charge in [-0.1, -0.05) is 57.2 Å². The second-order valence-corrected chi connectivity index (χ2v) is 7.13. The summed E-state index contributed by atoms with van der Waals surface area (Å²) in [6, 6.07) is 14.7. The van der Waals surface area contributed by atoms with Gasteiger partial charge in [0, 0.05) is 0 Å². The Hall–Kier alpha value is -2.56. The molecular weight excluding hydrogens is 302 g/mol. The smallest absolute Gasteiger partial charge is 0.413 e. The molecule has 0 aromatic heterocycles. The minimum atomic E-state index is -0.520. The summed E-state index contributed by atoms with van der Waals surface area (Å²) >= 11 is 0. The van der Waals surface area contributed by atoms with Crippen molar-refractivity contribution < 1.29 is 9.53 Å². The van der Waals surface area contributed by atoms with Crippen LogP contribution in [-0.2, 0) is 4.74 Å². The van der Waals surface area contributed by atoms with Gasteiger partial charge in [0.2, 0.25) is 5.96 Å². The van der Waals surface area contributed by atoms with Crippen LogP contribution in [0.2, 0.25) is 0 Å². The number of hydrogen-bond donors (Lipinski definition) is 2. The summed E-state index contributed by atoms with van der Waals surface area (Å²) in [6.45, 7) is 6.45. The lowest BCUT2D eigenvalue weighted by Gasteiger charge is -2.30. The van der Waals surface area contributed by atoms with Gasteiger partial charge in [-0.05, 0) is 27.8 Å². The first-order chi connectivity index (χ1) is 11.4. The van der Waals surface area contributed by atoms with Crippen LogP contribution in [0.15, 0.2) is 47.5 Å². The van der Waals surface area contributed by atoms with Crippen molar-refractivity contribution in [1.29, 1.82) is 0 Å². The summed E-state index contributed by atoms with van der Waals surface area (Å²) in [5.74, 6) is 0.458. The van der Waals surface area contributed by atoms with Gasteiger partial charge >= 0.3 is 6.09 Å². The number of alkyl carbamates (subject to hydrolysis) is 1. The maximum Gasteiger partial charge on any atom is 0.413 e. The molecule has 0 fully saturated rings. The molecule has 0 saturated carbocycles. The van der Waals surface area contributed by atoms with Gasteiger partial charge in [-0.2, -0.15) is 0 Å². The predicted octanol–water partition coefficient (Wildman–Crippen LogP) is 3.61. The van der Waals surface area contributed by atoms with E-state index >= 15 is 0 Å². The lowest BCUT2D eigenvalue weighted by atomic mass is 9.80. The summed E-state index contributed by atoms with van der Waals surface area (Å²) in [5, 5.41) is 8.38. The Morgan fingerprint density at radius 1 is 1.17 bits per heavy atom. The maximum atomic E-state index is 11.5. The molecule has 5 nitrogen and oxygen atoms in total. The van der Waals surface area contributed by atoms with E-state index < -0.39 is 6.09 Å². The van der Waals surface area contributed by atoms with Gasteiger partial charge in [0.05, 0.1) is 19.2 Å². The highest BCUT2D eigenvalue weighted by Crippen LogP contribution is 2.36. The van der Waals surface area contributed by atoms with Crippen LogP contribution in [-0.4, -0.2) is 25.2 Å². The van der Waals surface area contributed by atoms with Gasteiger partial charge < -0.3 is 10.1 Å². The molecule has 1 heterocycles. The molecule has 126 valence electrons. The SMILES string of the molecule is COC(=O)NC1=NC(C(C)(C)C)C(c2ccc3ccccc3c2)N1. The second kappa shape index (κ2) is 6.15. The van der Waals surface area contributed by atoms with Crippen molar-refractivity contribution in [1.82, 2.24) is 10.6 Å². The van der Waals surface area contributed by atoms with Gasteiger partial charge in [-0.25, -0.2) is 9.79 Å². The molecule has 1 amide bonds. The van der Waals surface area contributed by atoms with Crippen molar-refractivity contribution in [3.05, 3.63) is 48.0 Å². The van der Waals surface area contributed by atoms with E-state index in [1.54, 1.807) is 0 Å². The fourth-order valence-electron chi connectivity index (χ4n) is 3.05. The quantitative estimate of drug-likeness (QED) is 0.842. The van der Waals surface area contributed by atoms with Crippen molar-refractivity contribution in [2.45, 2.75) is 32.9 Å². The molecule has 24 heavy (non-hydrogen) atoms. The molecule has 1 aliphatic heterocycles. The van der Waals surface area contributed by atoms with Crippen LogP contribution in [0.25, 0.3) is 10.8 Å². The van der Waals surface area contributed by atoms with Gasteiger partial charge in [0.15, 0.2) is 0 Å². The van der Waals surface area contributed by atoms with E-state index in [-0.39, 0.29) is 17.5 Å². The van der Waals surface area contributed by atoms with Crippen LogP contribution in [0.4, 0.5) is 4.79 Å². The number of fused-ring (bicyclic) bond motifs is 1. The number of carbonyl (C=O) groups is 1. The highest BCUT2D eigenvalue weighted by atomic mass is 16.5. The standard InChI is InChI=1S/C19H23N3O2/c1-19(2,3)16-15(20-17(21-16)22-18(23)24-4)14-10-9-12-7-5-6-8-13(12)11-14/h5-11,15-16H,1-4H3,(H2,20,21,22,23). The molecule has 0 spiro atoms. The average Bonchev–Trinajstić information content (AvgIpc) is 2.98. The van der Waals surface area contributed by atoms with Gasteiger partial charge in [0.1, 0.15) is 0 Å². The largest absolute Gasteiger partial charge is 0.453 e. The number of nitrogens with zero attached hydrogens (tertiary/aromatic N) is 1. The maximum absolute atomic E-state index is 11.5. The van der Waals surface area contributed by atoms with Crippen molar-refractivity contribution in [2.75, 3.05) is 7.11 Å². The number of nitrogens with one attached hydrogen (secondary N) is 2. The minimum absolute atomic E-state index is 0.00163. The van der Waals surface area contributed by atoms with E-state index in [1.807, 2.05) is 12.1 Å². The number of hydrogen-bond acceptors (Lipinski definition) is 4. The number of amides is 1. The molecule has 0 bridgehead atoms. The second-order valence-electron chi connectivity index (χ2n) is 7.13. The zero-order valence-corrected chi connectivity index (χ0v) is 14.5. The van der Waals surface area contributed by atoms with Gasteiger partial charge in [0.25, 0.3) is 0 Å². The van der Waals surface area contributed by atoms with Crippen LogP contribution in [0, 0.1) is 5.41 Å². The lowest BCUT2D eigenvalue weighted by molar-refractivity contribution is 0.176. The van der Waals surface area contributed by atoms with Gasteiger partial charge in [-0.15, -0.1) is 0 Å². The normalized spacial score (nSPS) is 20.4. The highest BCUT2D eigenvalue weighted by molar-refractivity contribution is 5.95. The minimum Gasteiger partial charge on any atom is -0.453 e. The third kappa shape index (κ3) is 3.20. The predicted molar refractivity (Wildman–Crippen MR) is 96.0 cm³/mol. The third-order valence-electron chi connectivity index (χ3n) is 4.30. The zero-order valence-electron chi connectivity index (χ0n) is 14.5. The highest BCUT2D eigenvalue weighted by Gasteiger charge is 2.38. The van der Waals surface area contributed by atoms with Crippen molar-refractivity contribution in [3.63, 3.8) is 0 Å². The first-order valence-electron chi connectivity index (χ1n) is 8.06. The number of guanidine groups is 1. The summed E-state index contributed by atoms with van der Waals surface area (Å²) in [4.78, 5) is 16.2. The van der Waals surface area contributed by atoms with E-state index in [9.17, 15) is 4.79 Å². The Labute approximate surface area is 142 Å². The molecule has 3 rings (SSSR count). The first kappa shape index (κ1) is 16.3. The molecule has 2 aromatic rings. The molecule has 1 aliphatic rings. The van der Waals surface area contributed by atoms with Crippen LogP contribution < -0.4 is 10.6 Å². The molecular formula is C19H23N3O2. The van der Waals surface area contributed by atoms with E-state index in [0.29, 0.717) is 5.96 Å². The Morgan fingerprint density at radius 3 is 2.54 bits per heavy atom. The Bertz CT molecular complexity index is 793. The van der Waals surface area contributed by atoms with Crippen molar-refractivity contribution >= 4 is 22.8 Å². The number of methoxy groups -OCH3 is 1. The Balaban J connectivity index is 1.94. The van der Waals surface area contributed by atoms with Crippen molar-refractivity contribution in [3.8, 4) is 0 Å². The molecule has 2 N–H and O–H groups in total. The van der Waals surface area contributed by atoms with Crippen LogP contribution in [0.3, 0.4) is 0 Å². The third-order valence-corrected chi connectivity index (χ3v) is 4.30. The molecule has 5 heteroatoms. The summed E-state index contributed by atoms with van der Waals surface area (Å²) in [7, 11) is 1.34. The molecule has 2 atom stereocenters. The summed E-state index contributed by atoms with van der Waals surface area (Å²) < 4.78 is 4.66. The van der Waals surface area contributed by atoms with E-state index in [1.165, 1.54) is 17.9 Å². The molecule has 2 aromatic carbocycles. The summed E-state index contributed by atoms with van der Waals surface area (Å²) in [5.41, 5.74) is 1.10. The number of aliphatic imine (C=N–C) groups is 1. The van der Waals surface area contributed by atoms with E-state index in [4.69, 9.17) is 0 Å². The average molecular weight is 325 g/mol. The fourth-order valence-corrected chi connectivity index (χ4v) is 3.05. The number of ether oxygens (including phenoxy) is 1. The van der Waals surface area contributed by atoms with Crippen LogP contribution in [0.5, 0.6) is 0 Å². The molecule has 2 unspecified atom stereocenters. The van der Waals surface area contributed by atoms with Crippen LogP contribution >= 0.6 is 0 Å². The molecule has 0 radical (unpaired) electrons. The molecule has 0 saturated heterocycles. The van der Waals surface area contributed by atoms with E-state index in [0.717, 1.165) is 5.56 Å². The number of benzene rings is 2. The fraction of sp³-hybridized carbons (Fsp3) is 0.368. The first-order valence-corrected chi connectivity index (χ1v) is 8.06. The number of carbonyl (C=O) groups excluding carboxylic acids is 1. The number of rotatable bonds is 1. The van der Waals surface area contributed by atoms with Gasteiger partial charge in [-0.3, -0.25) is 5.32 Å². The monoisotopic (exact) mass is 325 g/mol. The van der Waals surface area contributed by atoms with Crippen LogP contribution in [0.1, 0.15) is 32.4 Å². The Kier molecular flexibility index (Phi) is 4.18. The Morgan fingerprint density at radius 2 is 1.88 bits per heavy atom.